The van der Waals surface area contributed by atoms with Crippen LogP contribution in [0.2, 0.25) is 0 Å². The summed E-state index contributed by atoms with van der Waals surface area (Å²) in [7, 11) is -7.14. The number of pyridine rings is 1. The Labute approximate surface area is 224 Å². The van der Waals surface area contributed by atoms with E-state index in [0.29, 0.717) is 44.6 Å². The lowest BCUT2D eigenvalue weighted by Crippen LogP contribution is -2.42. The third-order valence-electron chi connectivity index (χ3n) is 6.40. The van der Waals surface area contributed by atoms with Crippen LogP contribution in [0.5, 0.6) is 0 Å². The number of nitrogens with one attached hydrogen (secondary N) is 2. The van der Waals surface area contributed by atoms with Crippen LogP contribution in [0.1, 0.15) is 31.3 Å². The first-order valence-electron chi connectivity index (χ1n) is 12.1. The number of anilines is 2. The second-order valence-corrected chi connectivity index (χ2v) is 12.8. The van der Waals surface area contributed by atoms with Gasteiger partial charge in [0.2, 0.25) is 26.0 Å². The second-order valence-electron chi connectivity index (χ2n) is 9.26. The van der Waals surface area contributed by atoms with Crippen molar-refractivity contribution in [3.63, 3.8) is 0 Å². The average Bonchev–Trinajstić information content (AvgIpc) is 2.87. The van der Waals surface area contributed by atoms with E-state index in [9.17, 15) is 30.4 Å². The molecule has 0 spiro atoms. The topological polar surface area (TPSA) is 169 Å². The van der Waals surface area contributed by atoms with E-state index in [1.807, 2.05) is 0 Å². The van der Waals surface area contributed by atoms with Crippen LogP contribution in [0.4, 0.5) is 20.4 Å². The smallest absolute Gasteiger partial charge is 0.269 e. The van der Waals surface area contributed by atoms with Crippen molar-refractivity contribution < 1.29 is 25.6 Å². The minimum Gasteiger partial charge on any atom is -0.385 e. The van der Waals surface area contributed by atoms with Crippen molar-refractivity contribution in [2.75, 3.05) is 36.5 Å². The highest BCUT2D eigenvalue weighted by Crippen LogP contribution is 2.22. The molecule has 39 heavy (non-hydrogen) atoms. The Morgan fingerprint density at radius 3 is 2.51 bits per heavy atom. The molecule has 0 unspecified atom stereocenters. The van der Waals surface area contributed by atoms with E-state index >= 15 is 0 Å². The summed E-state index contributed by atoms with van der Waals surface area (Å²) in [6, 6.07) is 6.91. The fraction of sp³-hybridized carbons (Fsp3) is 0.435. The van der Waals surface area contributed by atoms with Crippen molar-refractivity contribution >= 4 is 42.7 Å². The SMILES string of the molecule is CS(=O)(=O)N1CCC(Nc2ncc3cc(C(F)F)c(=O)n(CCCNc4cccc(S(N)(=O)=O)c4)c3n2)CC1. The number of hydrogen-bond donors (Lipinski definition) is 3. The molecule has 12 nitrogen and oxygen atoms in total. The maximum atomic E-state index is 13.6. The molecule has 212 valence electrons. The van der Waals surface area contributed by atoms with E-state index in [4.69, 9.17) is 5.14 Å². The number of aromatic nitrogens is 3. The van der Waals surface area contributed by atoms with Gasteiger partial charge in [-0.05, 0) is 43.5 Å². The van der Waals surface area contributed by atoms with Gasteiger partial charge in [-0.2, -0.15) is 4.98 Å². The molecule has 0 saturated carbocycles. The summed E-state index contributed by atoms with van der Waals surface area (Å²) in [6.45, 7) is 1.05. The maximum Gasteiger partial charge on any atom is 0.269 e. The zero-order valence-corrected chi connectivity index (χ0v) is 22.7. The van der Waals surface area contributed by atoms with Gasteiger partial charge in [0.05, 0.1) is 16.7 Å². The third kappa shape index (κ3) is 7.06. The van der Waals surface area contributed by atoms with Gasteiger partial charge in [-0.1, -0.05) is 6.07 Å². The first kappa shape index (κ1) is 28.8. The molecular weight excluding hydrogens is 556 g/mol. The molecule has 1 aliphatic rings. The molecular formula is C23H29F2N7O5S2. The lowest BCUT2D eigenvalue weighted by molar-refractivity contribution is 0.149. The number of sulfonamides is 2. The van der Waals surface area contributed by atoms with Gasteiger partial charge in [-0.3, -0.25) is 9.36 Å². The number of piperidine rings is 1. The van der Waals surface area contributed by atoms with Crippen LogP contribution in [0, 0.1) is 0 Å². The second kappa shape index (κ2) is 11.5. The Morgan fingerprint density at radius 1 is 1.15 bits per heavy atom. The summed E-state index contributed by atoms with van der Waals surface area (Å²) in [6.07, 6.45) is 0.947. The molecule has 1 fully saturated rings. The molecule has 0 atom stereocenters. The summed E-state index contributed by atoms with van der Waals surface area (Å²) in [5, 5.41) is 11.6. The number of nitrogens with zero attached hydrogens (tertiary/aromatic N) is 4. The summed E-state index contributed by atoms with van der Waals surface area (Å²) >= 11 is 0. The number of nitrogens with two attached hydrogens (primary N) is 1. The monoisotopic (exact) mass is 585 g/mol. The van der Waals surface area contributed by atoms with Gasteiger partial charge < -0.3 is 10.6 Å². The first-order valence-corrected chi connectivity index (χ1v) is 15.5. The molecule has 3 aromatic rings. The van der Waals surface area contributed by atoms with E-state index in [2.05, 4.69) is 20.6 Å². The van der Waals surface area contributed by atoms with E-state index in [0.717, 1.165) is 12.3 Å². The fourth-order valence-corrected chi connectivity index (χ4v) is 5.82. The number of hydrogen-bond acceptors (Lipinski definition) is 9. The third-order valence-corrected chi connectivity index (χ3v) is 8.61. The molecule has 0 radical (unpaired) electrons. The highest BCUT2D eigenvalue weighted by atomic mass is 32.2. The molecule has 0 amide bonds. The van der Waals surface area contributed by atoms with Gasteiger partial charge in [0.1, 0.15) is 5.65 Å². The molecule has 1 aliphatic heterocycles. The number of benzene rings is 1. The lowest BCUT2D eigenvalue weighted by Gasteiger charge is -2.30. The van der Waals surface area contributed by atoms with Crippen LogP contribution < -0.4 is 21.3 Å². The standard InChI is InChI=1S/C23H29F2N7O5S2/c1-38(34,35)31-10-6-16(7-11-31)29-23-28-14-15-12-19(20(24)25)22(33)32(21(15)30-23)9-3-8-27-17-4-2-5-18(13-17)39(26,36)37/h2,4-5,12-14,16,20,27H,3,6-11H2,1H3,(H2,26,36,37)(H,28,29,30). The summed E-state index contributed by atoms with van der Waals surface area (Å²) in [4.78, 5) is 21.5. The normalized spacial score (nSPS) is 15.6. The molecule has 16 heteroatoms. The molecule has 1 saturated heterocycles. The molecule has 3 heterocycles. The Balaban J connectivity index is 1.51. The Kier molecular flexibility index (Phi) is 8.48. The van der Waals surface area contributed by atoms with Gasteiger partial charge in [0, 0.05) is 49.5 Å². The van der Waals surface area contributed by atoms with Crippen molar-refractivity contribution in [3.8, 4) is 0 Å². The largest absolute Gasteiger partial charge is 0.385 e. The predicted octanol–water partition coefficient (Wildman–Crippen LogP) is 1.71. The minimum atomic E-state index is -3.87. The van der Waals surface area contributed by atoms with E-state index in [1.54, 1.807) is 6.07 Å². The predicted molar refractivity (Wildman–Crippen MR) is 143 cm³/mol. The molecule has 4 rings (SSSR count). The number of primary sulfonamides is 1. The zero-order chi connectivity index (χ0) is 28.4. The molecule has 1 aromatic carbocycles. The highest BCUT2D eigenvalue weighted by molar-refractivity contribution is 7.89. The van der Waals surface area contributed by atoms with E-state index < -0.39 is 37.6 Å². The van der Waals surface area contributed by atoms with Crippen LogP contribution in [-0.2, 0) is 26.6 Å². The van der Waals surface area contributed by atoms with E-state index in [1.165, 1.54) is 33.3 Å². The van der Waals surface area contributed by atoms with Crippen LogP contribution in [-0.4, -0.2) is 67.6 Å². The van der Waals surface area contributed by atoms with Crippen LogP contribution in [0.15, 0.2) is 46.2 Å². The first-order chi connectivity index (χ1) is 18.3. The van der Waals surface area contributed by atoms with Gasteiger partial charge in [0.25, 0.3) is 12.0 Å². The van der Waals surface area contributed by atoms with Crippen molar-refractivity contribution in [3.05, 3.63) is 52.4 Å². The molecule has 4 N–H and O–H groups in total. The summed E-state index contributed by atoms with van der Waals surface area (Å²) in [5.74, 6) is 0.205. The Morgan fingerprint density at radius 2 is 1.87 bits per heavy atom. The maximum absolute atomic E-state index is 13.6. The van der Waals surface area contributed by atoms with Crippen LogP contribution in [0.3, 0.4) is 0 Å². The van der Waals surface area contributed by atoms with Crippen molar-refractivity contribution in [2.45, 2.75) is 43.2 Å². The Bertz CT molecular complexity index is 1620. The number of halogens is 2. The number of aryl methyl sites for hydroxylation is 1. The number of rotatable bonds is 10. The van der Waals surface area contributed by atoms with Crippen LogP contribution >= 0.6 is 0 Å². The fourth-order valence-electron chi connectivity index (χ4n) is 4.38. The Hall–Kier alpha value is -3.21. The van der Waals surface area contributed by atoms with Gasteiger partial charge >= 0.3 is 0 Å². The molecule has 2 aromatic heterocycles. The van der Waals surface area contributed by atoms with Gasteiger partial charge in [-0.25, -0.2) is 40.0 Å². The minimum absolute atomic E-state index is 0.0565. The van der Waals surface area contributed by atoms with Gasteiger partial charge in [-0.15, -0.1) is 0 Å². The van der Waals surface area contributed by atoms with Crippen molar-refractivity contribution in [1.29, 1.82) is 0 Å². The highest BCUT2D eigenvalue weighted by Gasteiger charge is 2.25. The average molecular weight is 586 g/mol. The van der Waals surface area contributed by atoms with Crippen molar-refractivity contribution in [1.82, 2.24) is 18.8 Å². The molecule has 0 aliphatic carbocycles. The summed E-state index contributed by atoms with van der Waals surface area (Å²) in [5.41, 5.74) is -0.837. The van der Waals surface area contributed by atoms with Gasteiger partial charge in [0.15, 0.2) is 0 Å². The molecule has 0 bridgehead atoms. The lowest BCUT2D eigenvalue weighted by atomic mass is 10.1. The number of alkyl halides is 2. The number of fused-ring (bicyclic) bond motifs is 1. The van der Waals surface area contributed by atoms with Crippen molar-refractivity contribution in [2.24, 2.45) is 5.14 Å². The quantitative estimate of drug-likeness (QED) is 0.300. The van der Waals surface area contributed by atoms with E-state index in [-0.39, 0.29) is 34.5 Å². The zero-order valence-electron chi connectivity index (χ0n) is 21.0. The van der Waals surface area contributed by atoms with Crippen LogP contribution in [0.25, 0.3) is 11.0 Å². The summed E-state index contributed by atoms with van der Waals surface area (Å²) < 4.78 is 76.4.